The summed E-state index contributed by atoms with van der Waals surface area (Å²) in [5, 5.41) is 13.6. The Morgan fingerprint density at radius 1 is 1.28 bits per heavy atom. The van der Waals surface area contributed by atoms with Gasteiger partial charge >= 0.3 is 0 Å². The van der Waals surface area contributed by atoms with E-state index in [2.05, 4.69) is 25.7 Å². The third-order valence-electron chi connectivity index (χ3n) is 4.90. The molecule has 0 spiro atoms. The van der Waals surface area contributed by atoms with Crippen LogP contribution in [0.15, 0.2) is 36.9 Å². The summed E-state index contributed by atoms with van der Waals surface area (Å²) in [6.07, 6.45) is 4.71. The molecule has 1 aromatic carbocycles. The lowest BCUT2D eigenvalue weighted by Crippen LogP contribution is -2.48. The van der Waals surface area contributed by atoms with E-state index in [0.29, 0.717) is 24.1 Å². The van der Waals surface area contributed by atoms with Gasteiger partial charge in [-0.2, -0.15) is 0 Å². The van der Waals surface area contributed by atoms with E-state index in [4.69, 9.17) is 0 Å². The lowest BCUT2D eigenvalue weighted by atomic mass is 9.70. The summed E-state index contributed by atoms with van der Waals surface area (Å²) in [5.74, 6) is -0.430. The number of hydrogen-bond donors (Lipinski definition) is 2. The summed E-state index contributed by atoms with van der Waals surface area (Å²) in [6, 6.07) is 6.78. The lowest BCUT2D eigenvalue weighted by molar-refractivity contribution is -0.113. The third kappa shape index (κ3) is 4.92. The molecule has 136 valence electrons. The molecule has 0 aromatic heterocycles. The van der Waals surface area contributed by atoms with Gasteiger partial charge in [0.25, 0.3) is 5.91 Å². The largest absolute Gasteiger partial charge is 0.388 e. The number of aliphatic hydroxyl groups is 1. The second-order valence-electron chi connectivity index (χ2n) is 7.75. The van der Waals surface area contributed by atoms with E-state index in [0.717, 1.165) is 12.8 Å². The van der Waals surface area contributed by atoms with Gasteiger partial charge in [0.05, 0.1) is 5.60 Å². The van der Waals surface area contributed by atoms with E-state index in [1.54, 1.807) is 31.3 Å². The predicted molar refractivity (Wildman–Crippen MR) is 99.6 cm³/mol. The quantitative estimate of drug-likeness (QED) is 0.807. The van der Waals surface area contributed by atoms with Crippen molar-refractivity contribution in [2.45, 2.75) is 45.1 Å². The van der Waals surface area contributed by atoms with Gasteiger partial charge in [0.1, 0.15) is 0 Å². The summed E-state index contributed by atoms with van der Waals surface area (Å²) < 4.78 is 0. The van der Waals surface area contributed by atoms with Crippen LogP contribution < -0.4 is 10.2 Å². The fourth-order valence-electron chi connectivity index (χ4n) is 3.56. The van der Waals surface area contributed by atoms with Crippen molar-refractivity contribution < 1.29 is 14.7 Å². The van der Waals surface area contributed by atoms with Crippen LogP contribution in [-0.4, -0.2) is 36.1 Å². The minimum atomic E-state index is -0.839. The van der Waals surface area contributed by atoms with Crippen LogP contribution in [0.5, 0.6) is 0 Å². The molecule has 1 unspecified atom stereocenters. The van der Waals surface area contributed by atoms with E-state index in [9.17, 15) is 14.7 Å². The fraction of sp³-hybridized carbons (Fsp3) is 0.500. The molecule has 5 nitrogen and oxygen atoms in total. The van der Waals surface area contributed by atoms with Gasteiger partial charge in [-0.15, -0.1) is 0 Å². The molecule has 5 heteroatoms. The Morgan fingerprint density at radius 3 is 2.48 bits per heavy atom. The Kier molecular flexibility index (Phi) is 5.68. The highest BCUT2D eigenvalue weighted by Crippen LogP contribution is 2.40. The summed E-state index contributed by atoms with van der Waals surface area (Å²) in [4.78, 5) is 25.4. The van der Waals surface area contributed by atoms with Crippen LogP contribution in [0.25, 0.3) is 0 Å². The average Bonchev–Trinajstić information content (AvgIpc) is 2.57. The first-order valence-electron chi connectivity index (χ1n) is 8.67. The second kappa shape index (κ2) is 7.40. The molecule has 1 saturated carbocycles. The van der Waals surface area contributed by atoms with Gasteiger partial charge in [-0.25, -0.2) is 0 Å². The summed E-state index contributed by atoms with van der Waals surface area (Å²) in [7, 11) is 1.65. The smallest absolute Gasteiger partial charge is 0.251 e. The Hall–Kier alpha value is -2.14. The van der Waals surface area contributed by atoms with E-state index in [1.165, 1.54) is 11.0 Å². The van der Waals surface area contributed by atoms with E-state index in [1.807, 2.05) is 0 Å². The minimum absolute atomic E-state index is 0.0989. The van der Waals surface area contributed by atoms with E-state index in [-0.39, 0.29) is 23.8 Å². The predicted octanol–water partition coefficient (Wildman–Crippen LogP) is 2.90. The van der Waals surface area contributed by atoms with E-state index < -0.39 is 5.60 Å². The molecule has 1 atom stereocenters. The van der Waals surface area contributed by atoms with Crippen molar-refractivity contribution in [3.05, 3.63) is 42.5 Å². The molecule has 0 radical (unpaired) electrons. The van der Waals surface area contributed by atoms with Crippen LogP contribution in [0.3, 0.4) is 0 Å². The van der Waals surface area contributed by atoms with Crippen LogP contribution in [-0.2, 0) is 4.79 Å². The molecular formula is C20H28N2O3. The minimum Gasteiger partial charge on any atom is -0.388 e. The molecule has 1 aliphatic rings. The molecule has 25 heavy (non-hydrogen) atoms. The Morgan fingerprint density at radius 2 is 1.92 bits per heavy atom. The molecule has 2 rings (SSSR count). The molecular weight excluding hydrogens is 316 g/mol. The molecule has 0 aliphatic heterocycles. The number of benzene rings is 1. The Balaban J connectivity index is 1.97. The highest BCUT2D eigenvalue weighted by Gasteiger charge is 2.38. The number of likely N-dealkylation sites (N-methyl/N-ethyl adjacent to an activating group) is 1. The summed E-state index contributed by atoms with van der Waals surface area (Å²) >= 11 is 0. The molecule has 1 fully saturated rings. The van der Waals surface area contributed by atoms with Crippen LogP contribution in [0.4, 0.5) is 5.69 Å². The van der Waals surface area contributed by atoms with Crippen LogP contribution in [0, 0.1) is 5.41 Å². The highest BCUT2D eigenvalue weighted by molar-refractivity contribution is 6.01. The molecule has 0 heterocycles. The van der Waals surface area contributed by atoms with Crippen molar-refractivity contribution >= 4 is 17.5 Å². The van der Waals surface area contributed by atoms with Gasteiger partial charge in [-0.05, 0) is 61.4 Å². The second-order valence-corrected chi connectivity index (χ2v) is 7.75. The SMILES string of the molecule is C=CC(=O)N(C)c1ccc(C(=O)NCC2(O)CCCC(C)(C)C2)cc1. The zero-order chi connectivity index (χ0) is 18.7. The monoisotopic (exact) mass is 344 g/mol. The number of carbonyl (C=O) groups excluding carboxylic acids is 2. The molecule has 2 N–H and O–H groups in total. The summed E-state index contributed by atoms with van der Waals surface area (Å²) in [5.41, 5.74) is 0.450. The van der Waals surface area contributed by atoms with Crippen molar-refractivity contribution in [3.8, 4) is 0 Å². The number of carbonyl (C=O) groups is 2. The van der Waals surface area contributed by atoms with Gasteiger partial charge in [0.15, 0.2) is 0 Å². The van der Waals surface area contributed by atoms with Crippen molar-refractivity contribution in [2.24, 2.45) is 5.41 Å². The van der Waals surface area contributed by atoms with Crippen molar-refractivity contribution in [2.75, 3.05) is 18.5 Å². The topological polar surface area (TPSA) is 69.6 Å². The Labute approximate surface area is 149 Å². The maximum absolute atomic E-state index is 12.3. The number of anilines is 1. The van der Waals surface area contributed by atoms with Crippen LogP contribution in [0.1, 0.15) is 49.9 Å². The zero-order valence-electron chi connectivity index (χ0n) is 15.3. The number of amides is 2. The van der Waals surface area contributed by atoms with Crippen molar-refractivity contribution in [1.29, 1.82) is 0 Å². The molecule has 0 bridgehead atoms. The standard InChI is InChI=1S/C20H28N2O3/c1-5-17(23)22(4)16-9-7-15(8-10-16)18(24)21-14-20(25)12-6-11-19(2,3)13-20/h5,7-10,25H,1,6,11-14H2,2-4H3,(H,21,24). The van der Waals surface area contributed by atoms with E-state index >= 15 is 0 Å². The average molecular weight is 344 g/mol. The zero-order valence-corrected chi connectivity index (χ0v) is 15.3. The summed E-state index contributed by atoms with van der Waals surface area (Å²) in [6.45, 7) is 8.02. The van der Waals surface area contributed by atoms with Crippen molar-refractivity contribution in [1.82, 2.24) is 5.32 Å². The van der Waals surface area contributed by atoms with Gasteiger partial charge < -0.3 is 15.3 Å². The molecule has 2 amide bonds. The number of nitrogens with zero attached hydrogens (tertiary/aromatic N) is 1. The highest BCUT2D eigenvalue weighted by atomic mass is 16.3. The molecule has 1 aromatic rings. The van der Waals surface area contributed by atoms with Gasteiger partial charge in [-0.1, -0.05) is 20.4 Å². The molecule has 0 saturated heterocycles. The number of hydrogen-bond acceptors (Lipinski definition) is 3. The van der Waals surface area contributed by atoms with Gasteiger partial charge in [0, 0.05) is 24.8 Å². The first-order chi connectivity index (χ1) is 11.7. The van der Waals surface area contributed by atoms with Crippen LogP contribution in [0.2, 0.25) is 0 Å². The third-order valence-corrected chi connectivity index (χ3v) is 4.90. The fourth-order valence-corrected chi connectivity index (χ4v) is 3.56. The van der Waals surface area contributed by atoms with Gasteiger partial charge in [-0.3, -0.25) is 9.59 Å². The van der Waals surface area contributed by atoms with Gasteiger partial charge in [0.2, 0.25) is 5.91 Å². The number of rotatable bonds is 5. The van der Waals surface area contributed by atoms with Crippen LogP contribution >= 0.6 is 0 Å². The number of nitrogens with one attached hydrogen (secondary N) is 1. The maximum atomic E-state index is 12.3. The normalized spacial score (nSPS) is 22.1. The maximum Gasteiger partial charge on any atom is 0.251 e. The Bertz CT molecular complexity index is 651. The molecule has 1 aliphatic carbocycles. The first kappa shape index (κ1) is 19.2. The van der Waals surface area contributed by atoms with Crippen molar-refractivity contribution in [3.63, 3.8) is 0 Å². The lowest BCUT2D eigenvalue weighted by Gasteiger charge is -2.41. The first-order valence-corrected chi connectivity index (χ1v) is 8.67.